The van der Waals surface area contributed by atoms with Gasteiger partial charge in [-0.05, 0) is 62.2 Å². The van der Waals surface area contributed by atoms with Crippen molar-refractivity contribution in [1.29, 1.82) is 0 Å². The lowest BCUT2D eigenvalue weighted by Crippen LogP contribution is -2.32. The summed E-state index contributed by atoms with van der Waals surface area (Å²) in [6, 6.07) is 12.1. The zero-order chi connectivity index (χ0) is 18.9. The summed E-state index contributed by atoms with van der Waals surface area (Å²) in [6.45, 7) is 6.86. The number of esters is 1. The molecule has 0 saturated carbocycles. The van der Waals surface area contributed by atoms with Crippen molar-refractivity contribution in [1.82, 2.24) is 5.32 Å². The first kappa shape index (κ1) is 19.3. The monoisotopic (exact) mass is 356 g/mol. The number of benzene rings is 2. The van der Waals surface area contributed by atoms with Crippen LogP contribution in [-0.4, -0.2) is 31.8 Å². The van der Waals surface area contributed by atoms with E-state index < -0.39 is 0 Å². The van der Waals surface area contributed by atoms with E-state index in [-0.39, 0.29) is 12.0 Å². The Balaban J connectivity index is 1.75. The fourth-order valence-electron chi connectivity index (χ4n) is 2.29. The van der Waals surface area contributed by atoms with Crippen LogP contribution in [0, 0.1) is 13.8 Å². The van der Waals surface area contributed by atoms with Gasteiger partial charge in [0.2, 0.25) is 0 Å². The topological polar surface area (TPSA) is 76.7 Å². The molecular weight excluding hydrogens is 332 g/mol. The zero-order valence-corrected chi connectivity index (χ0v) is 15.3. The molecule has 0 spiro atoms. The maximum Gasteiger partial charge on any atom is 0.338 e. The highest BCUT2D eigenvalue weighted by atomic mass is 16.5. The van der Waals surface area contributed by atoms with Crippen LogP contribution in [0.3, 0.4) is 0 Å². The van der Waals surface area contributed by atoms with Gasteiger partial charge in [0.25, 0.3) is 0 Å². The van der Waals surface area contributed by atoms with Crippen molar-refractivity contribution in [2.45, 2.75) is 20.8 Å². The van der Waals surface area contributed by atoms with Crippen molar-refractivity contribution in [3.63, 3.8) is 0 Å². The summed E-state index contributed by atoms with van der Waals surface area (Å²) in [5, 5.41) is 5.43. The summed E-state index contributed by atoms with van der Waals surface area (Å²) in [6.07, 6.45) is 0. The van der Waals surface area contributed by atoms with E-state index in [0.29, 0.717) is 31.0 Å². The molecule has 0 saturated heterocycles. The summed E-state index contributed by atoms with van der Waals surface area (Å²) in [5.74, 6) is 0.439. The first-order valence-electron chi connectivity index (χ1n) is 8.52. The predicted octanol–water partition coefficient (Wildman–Crippen LogP) is 3.68. The minimum Gasteiger partial charge on any atom is -0.491 e. The van der Waals surface area contributed by atoms with Crippen molar-refractivity contribution >= 4 is 17.7 Å². The molecule has 0 heterocycles. The van der Waals surface area contributed by atoms with Crippen LogP contribution >= 0.6 is 0 Å². The second-order valence-electron chi connectivity index (χ2n) is 5.73. The molecule has 0 aliphatic rings. The fraction of sp³-hybridized carbons (Fsp3) is 0.300. The summed E-state index contributed by atoms with van der Waals surface area (Å²) in [7, 11) is 0. The number of urea groups is 1. The van der Waals surface area contributed by atoms with Crippen molar-refractivity contribution in [3.8, 4) is 5.75 Å². The molecule has 26 heavy (non-hydrogen) atoms. The van der Waals surface area contributed by atoms with E-state index in [0.717, 1.165) is 11.3 Å². The number of carbonyl (C=O) groups is 2. The number of hydrogen-bond acceptors (Lipinski definition) is 4. The number of nitrogens with one attached hydrogen (secondary N) is 2. The Kier molecular flexibility index (Phi) is 7.02. The van der Waals surface area contributed by atoms with Crippen LogP contribution in [0.15, 0.2) is 42.5 Å². The van der Waals surface area contributed by atoms with Gasteiger partial charge in [0.1, 0.15) is 12.4 Å². The molecule has 2 amide bonds. The first-order valence-corrected chi connectivity index (χ1v) is 8.52. The van der Waals surface area contributed by atoms with E-state index in [4.69, 9.17) is 9.47 Å². The quantitative estimate of drug-likeness (QED) is 0.586. The van der Waals surface area contributed by atoms with E-state index in [1.165, 1.54) is 5.56 Å². The highest BCUT2D eigenvalue weighted by molar-refractivity contribution is 5.92. The average molecular weight is 356 g/mol. The van der Waals surface area contributed by atoms with Crippen LogP contribution in [-0.2, 0) is 4.74 Å². The lowest BCUT2D eigenvalue weighted by Gasteiger charge is -2.12. The molecule has 0 aliphatic heterocycles. The standard InChI is InChI=1S/C20H24N2O4/c1-4-25-19(23)16-8-10-17(11-9-16)22-20(24)21-12-13-26-18-7-5-6-14(2)15(18)3/h5-11H,4,12-13H2,1-3H3,(H2,21,22,24). The highest BCUT2D eigenvalue weighted by Crippen LogP contribution is 2.20. The van der Waals surface area contributed by atoms with E-state index >= 15 is 0 Å². The van der Waals surface area contributed by atoms with Crippen LogP contribution in [0.25, 0.3) is 0 Å². The maximum atomic E-state index is 11.9. The van der Waals surface area contributed by atoms with E-state index in [2.05, 4.69) is 10.6 Å². The smallest absolute Gasteiger partial charge is 0.338 e. The lowest BCUT2D eigenvalue weighted by molar-refractivity contribution is 0.0526. The molecule has 0 atom stereocenters. The fourth-order valence-corrected chi connectivity index (χ4v) is 2.29. The summed E-state index contributed by atoms with van der Waals surface area (Å²) in [5.41, 5.74) is 3.30. The molecule has 6 nitrogen and oxygen atoms in total. The molecule has 0 fully saturated rings. The molecule has 0 aliphatic carbocycles. The van der Waals surface area contributed by atoms with Gasteiger partial charge in [-0.25, -0.2) is 9.59 Å². The van der Waals surface area contributed by atoms with Crippen LogP contribution in [0.2, 0.25) is 0 Å². The largest absolute Gasteiger partial charge is 0.491 e. The second kappa shape index (κ2) is 9.46. The molecule has 2 rings (SSSR count). The summed E-state index contributed by atoms with van der Waals surface area (Å²) in [4.78, 5) is 23.5. The van der Waals surface area contributed by atoms with Crippen molar-refractivity contribution < 1.29 is 19.1 Å². The third-order valence-corrected chi connectivity index (χ3v) is 3.85. The Morgan fingerprint density at radius 2 is 1.77 bits per heavy atom. The number of hydrogen-bond donors (Lipinski definition) is 2. The van der Waals surface area contributed by atoms with E-state index in [1.54, 1.807) is 31.2 Å². The number of anilines is 1. The Hall–Kier alpha value is -3.02. The summed E-state index contributed by atoms with van der Waals surface area (Å²) >= 11 is 0. The third kappa shape index (κ3) is 5.51. The average Bonchev–Trinajstić information content (AvgIpc) is 2.63. The predicted molar refractivity (Wildman–Crippen MR) is 101 cm³/mol. The molecule has 2 aromatic rings. The number of carbonyl (C=O) groups excluding carboxylic acids is 2. The van der Waals surface area contributed by atoms with Gasteiger partial charge in [0.05, 0.1) is 18.7 Å². The molecule has 2 aromatic carbocycles. The molecular formula is C20H24N2O4. The lowest BCUT2D eigenvalue weighted by atomic mass is 10.1. The van der Waals surface area contributed by atoms with E-state index in [1.807, 2.05) is 32.0 Å². The van der Waals surface area contributed by atoms with Gasteiger partial charge >= 0.3 is 12.0 Å². The normalized spacial score (nSPS) is 10.1. The van der Waals surface area contributed by atoms with Crippen molar-refractivity contribution in [2.75, 3.05) is 25.1 Å². The van der Waals surface area contributed by atoms with Gasteiger partial charge in [-0.3, -0.25) is 0 Å². The van der Waals surface area contributed by atoms with Gasteiger partial charge in [0, 0.05) is 5.69 Å². The second-order valence-corrected chi connectivity index (χ2v) is 5.73. The Bertz CT molecular complexity index is 757. The molecule has 6 heteroatoms. The van der Waals surface area contributed by atoms with Gasteiger partial charge in [-0.1, -0.05) is 12.1 Å². The molecule has 0 bridgehead atoms. The molecule has 0 aromatic heterocycles. The Labute approximate surface area is 153 Å². The number of rotatable bonds is 7. The van der Waals surface area contributed by atoms with E-state index in [9.17, 15) is 9.59 Å². The highest BCUT2D eigenvalue weighted by Gasteiger charge is 2.07. The Morgan fingerprint density at radius 1 is 1.04 bits per heavy atom. The van der Waals surface area contributed by atoms with Crippen LogP contribution in [0.5, 0.6) is 5.75 Å². The first-order chi connectivity index (χ1) is 12.5. The molecule has 138 valence electrons. The van der Waals surface area contributed by atoms with Crippen molar-refractivity contribution in [2.24, 2.45) is 0 Å². The minimum absolute atomic E-state index is 0.325. The molecule has 0 radical (unpaired) electrons. The molecule has 2 N–H and O–H groups in total. The van der Waals surface area contributed by atoms with Gasteiger partial charge in [-0.15, -0.1) is 0 Å². The molecule has 0 unspecified atom stereocenters. The number of amides is 2. The number of aryl methyl sites for hydroxylation is 1. The van der Waals surface area contributed by atoms with Crippen LogP contribution < -0.4 is 15.4 Å². The van der Waals surface area contributed by atoms with Crippen LogP contribution in [0.4, 0.5) is 10.5 Å². The SMILES string of the molecule is CCOC(=O)c1ccc(NC(=O)NCCOc2cccc(C)c2C)cc1. The summed E-state index contributed by atoms with van der Waals surface area (Å²) < 4.78 is 10.6. The van der Waals surface area contributed by atoms with Crippen molar-refractivity contribution in [3.05, 3.63) is 59.2 Å². The van der Waals surface area contributed by atoms with Gasteiger partial charge < -0.3 is 20.1 Å². The number of ether oxygens (including phenoxy) is 2. The van der Waals surface area contributed by atoms with Crippen LogP contribution in [0.1, 0.15) is 28.4 Å². The van der Waals surface area contributed by atoms with Gasteiger partial charge in [0.15, 0.2) is 0 Å². The third-order valence-electron chi connectivity index (χ3n) is 3.85. The minimum atomic E-state index is -0.382. The maximum absolute atomic E-state index is 11.9. The van der Waals surface area contributed by atoms with Gasteiger partial charge in [-0.2, -0.15) is 0 Å². The Morgan fingerprint density at radius 3 is 2.46 bits per heavy atom. The zero-order valence-electron chi connectivity index (χ0n) is 15.3.